The average Bonchev–Trinajstić information content (AvgIpc) is 2.73. The lowest BCUT2D eigenvalue weighted by Crippen LogP contribution is -2.37. The summed E-state index contributed by atoms with van der Waals surface area (Å²) >= 11 is 0. The molecule has 0 aliphatic carbocycles. The van der Waals surface area contributed by atoms with Gasteiger partial charge in [0.25, 0.3) is 0 Å². The van der Waals surface area contributed by atoms with Crippen LogP contribution in [0.4, 0.5) is 5.95 Å². The Bertz CT molecular complexity index is 763. The molecule has 1 N–H and O–H groups in total. The van der Waals surface area contributed by atoms with E-state index in [1.165, 1.54) is 7.11 Å². The smallest absolute Gasteiger partial charge is 0.321 e. The zero-order valence-electron chi connectivity index (χ0n) is 15.5. The van der Waals surface area contributed by atoms with Crippen molar-refractivity contribution in [2.45, 2.75) is 13.0 Å². The van der Waals surface area contributed by atoms with E-state index in [4.69, 9.17) is 14.2 Å². The van der Waals surface area contributed by atoms with E-state index in [2.05, 4.69) is 20.3 Å². The van der Waals surface area contributed by atoms with Crippen LogP contribution in [-0.4, -0.2) is 61.4 Å². The summed E-state index contributed by atoms with van der Waals surface area (Å²) in [6, 6.07) is 7.61. The van der Waals surface area contributed by atoms with Gasteiger partial charge in [-0.1, -0.05) is 12.1 Å². The van der Waals surface area contributed by atoms with Crippen molar-refractivity contribution in [1.82, 2.24) is 20.3 Å². The van der Waals surface area contributed by atoms with Crippen molar-refractivity contribution in [3.05, 3.63) is 35.7 Å². The van der Waals surface area contributed by atoms with Gasteiger partial charge in [0.1, 0.15) is 5.75 Å². The molecule has 9 heteroatoms. The van der Waals surface area contributed by atoms with E-state index in [9.17, 15) is 4.79 Å². The van der Waals surface area contributed by atoms with Crippen molar-refractivity contribution in [2.75, 3.05) is 45.4 Å². The van der Waals surface area contributed by atoms with Crippen LogP contribution >= 0.6 is 0 Å². The van der Waals surface area contributed by atoms with Crippen LogP contribution < -0.4 is 19.7 Å². The number of anilines is 1. The van der Waals surface area contributed by atoms with E-state index < -0.39 is 0 Å². The third-order valence-electron chi connectivity index (χ3n) is 4.09. The van der Waals surface area contributed by atoms with Crippen LogP contribution in [0, 0.1) is 0 Å². The molecule has 0 unspecified atom stereocenters. The van der Waals surface area contributed by atoms with E-state index in [-0.39, 0.29) is 24.9 Å². The molecule has 2 heterocycles. The number of benzene rings is 1. The number of methoxy groups -OCH3 is 2. The van der Waals surface area contributed by atoms with Gasteiger partial charge in [0.15, 0.2) is 5.82 Å². The SMILES string of the molecule is COc1ccc(CC(=O)NCc2nc(OC)nc(N3CCOCC3)n2)cc1. The molecular formula is C18H23N5O4. The Hall–Kier alpha value is -2.94. The number of ether oxygens (including phenoxy) is 3. The van der Waals surface area contributed by atoms with Crippen molar-refractivity contribution >= 4 is 11.9 Å². The Kier molecular flexibility index (Phi) is 6.37. The lowest BCUT2D eigenvalue weighted by Gasteiger charge is -2.26. The van der Waals surface area contributed by atoms with Gasteiger partial charge in [0.05, 0.1) is 40.4 Å². The number of hydrogen-bond donors (Lipinski definition) is 1. The van der Waals surface area contributed by atoms with Gasteiger partial charge in [-0.2, -0.15) is 15.0 Å². The fourth-order valence-corrected chi connectivity index (χ4v) is 2.63. The van der Waals surface area contributed by atoms with E-state index in [0.717, 1.165) is 11.3 Å². The maximum absolute atomic E-state index is 12.2. The van der Waals surface area contributed by atoms with Crippen LogP contribution in [0.5, 0.6) is 11.8 Å². The molecule has 9 nitrogen and oxygen atoms in total. The van der Waals surface area contributed by atoms with E-state index in [1.54, 1.807) is 7.11 Å². The highest BCUT2D eigenvalue weighted by Gasteiger charge is 2.17. The number of carbonyl (C=O) groups excluding carboxylic acids is 1. The maximum atomic E-state index is 12.2. The number of amides is 1. The molecule has 0 spiro atoms. The standard InChI is InChI=1S/C18H23N5O4/c1-25-14-5-3-13(4-6-14)11-16(24)19-12-15-20-17(22-18(21-15)26-2)23-7-9-27-10-8-23/h3-6H,7-12H2,1-2H3,(H,19,24). The first-order valence-corrected chi connectivity index (χ1v) is 8.69. The number of carbonyl (C=O) groups is 1. The van der Waals surface area contributed by atoms with Gasteiger partial charge in [0.2, 0.25) is 11.9 Å². The summed E-state index contributed by atoms with van der Waals surface area (Å²) in [5.74, 6) is 1.62. The average molecular weight is 373 g/mol. The van der Waals surface area contributed by atoms with Crippen molar-refractivity contribution < 1.29 is 19.0 Å². The van der Waals surface area contributed by atoms with E-state index >= 15 is 0 Å². The van der Waals surface area contributed by atoms with Crippen LogP contribution in [0.2, 0.25) is 0 Å². The van der Waals surface area contributed by atoms with Crippen LogP contribution in [0.1, 0.15) is 11.4 Å². The summed E-state index contributed by atoms with van der Waals surface area (Å²) in [5, 5.41) is 2.84. The summed E-state index contributed by atoms with van der Waals surface area (Å²) in [6.07, 6.45) is 0.266. The first-order valence-electron chi connectivity index (χ1n) is 8.69. The molecule has 0 atom stereocenters. The van der Waals surface area contributed by atoms with Crippen molar-refractivity contribution in [3.8, 4) is 11.8 Å². The predicted molar refractivity (Wildman–Crippen MR) is 98.0 cm³/mol. The number of nitrogens with one attached hydrogen (secondary N) is 1. The van der Waals surface area contributed by atoms with Crippen molar-refractivity contribution in [1.29, 1.82) is 0 Å². The predicted octanol–water partition coefficient (Wildman–Crippen LogP) is 0.584. The molecule has 27 heavy (non-hydrogen) atoms. The number of aromatic nitrogens is 3. The van der Waals surface area contributed by atoms with Crippen LogP contribution in [0.3, 0.4) is 0 Å². The molecule has 1 aromatic heterocycles. The van der Waals surface area contributed by atoms with Gasteiger partial charge in [-0.25, -0.2) is 0 Å². The highest BCUT2D eigenvalue weighted by Crippen LogP contribution is 2.14. The summed E-state index contributed by atoms with van der Waals surface area (Å²) in [7, 11) is 3.11. The minimum atomic E-state index is -0.118. The third-order valence-corrected chi connectivity index (χ3v) is 4.09. The second-order valence-corrected chi connectivity index (χ2v) is 5.94. The van der Waals surface area contributed by atoms with E-state index in [0.29, 0.717) is 38.1 Å². The second-order valence-electron chi connectivity index (χ2n) is 5.94. The van der Waals surface area contributed by atoms with Gasteiger partial charge >= 0.3 is 6.01 Å². The zero-order chi connectivity index (χ0) is 19.1. The molecule has 1 aliphatic heterocycles. The lowest BCUT2D eigenvalue weighted by molar-refractivity contribution is -0.120. The number of rotatable bonds is 7. The molecule has 0 bridgehead atoms. The number of nitrogens with zero attached hydrogens (tertiary/aromatic N) is 4. The summed E-state index contributed by atoms with van der Waals surface area (Å²) in [5.41, 5.74) is 0.899. The molecule has 1 aromatic carbocycles. The van der Waals surface area contributed by atoms with Gasteiger partial charge in [-0.05, 0) is 17.7 Å². The van der Waals surface area contributed by atoms with Gasteiger partial charge < -0.3 is 24.4 Å². The maximum Gasteiger partial charge on any atom is 0.321 e. The third kappa shape index (κ3) is 5.27. The van der Waals surface area contributed by atoms with Crippen LogP contribution in [0.25, 0.3) is 0 Å². The van der Waals surface area contributed by atoms with Gasteiger partial charge in [-0.3, -0.25) is 4.79 Å². The first-order chi connectivity index (χ1) is 13.2. The monoisotopic (exact) mass is 373 g/mol. The number of hydrogen-bond acceptors (Lipinski definition) is 8. The highest BCUT2D eigenvalue weighted by molar-refractivity contribution is 5.78. The molecule has 2 aromatic rings. The summed E-state index contributed by atoms with van der Waals surface area (Å²) in [6.45, 7) is 2.86. The summed E-state index contributed by atoms with van der Waals surface area (Å²) < 4.78 is 15.6. The first kappa shape index (κ1) is 18.8. The van der Waals surface area contributed by atoms with Gasteiger partial charge in [-0.15, -0.1) is 0 Å². The fourth-order valence-electron chi connectivity index (χ4n) is 2.63. The lowest BCUT2D eigenvalue weighted by atomic mass is 10.1. The molecular weight excluding hydrogens is 350 g/mol. The molecule has 1 fully saturated rings. The molecule has 1 saturated heterocycles. The Morgan fingerprint density at radius 1 is 1.11 bits per heavy atom. The van der Waals surface area contributed by atoms with Gasteiger partial charge in [0, 0.05) is 13.1 Å². The Labute approximate surface area is 157 Å². The number of morpholine rings is 1. The van der Waals surface area contributed by atoms with Crippen molar-refractivity contribution in [2.24, 2.45) is 0 Å². The highest BCUT2D eigenvalue weighted by atomic mass is 16.5. The van der Waals surface area contributed by atoms with Crippen LogP contribution in [0.15, 0.2) is 24.3 Å². The minimum Gasteiger partial charge on any atom is -0.497 e. The molecule has 1 aliphatic rings. The largest absolute Gasteiger partial charge is 0.497 e. The fraction of sp³-hybridized carbons (Fsp3) is 0.444. The van der Waals surface area contributed by atoms with Crippen molar-refractivity contribution in [3.63, 3.8) is 0 Å². The zero-order valence-corrected chi connectivity index (χ0v) is 15.5. The molecule has 144 valence electrons. The topological polar surface area (TPSA) is 98.7 Å². The molecule has 0 saturated carbocycles. The normalized spacial score (nSPS) is 13.9. The Morgan fingerprint density at radius 2 is 1.85 bits per heavy atom. The van der Waals surface area contributed by atoms with Crippen LogP contribution in [-0.2, 0) is 22.5 Å². The molecule has 1 amide bonds. The second kappa shape index (κ2) is 9.13. The minimum absolute atomic E-state index is 0.118. The summed E-state index contributed by atoms with van der Waals surface area (Å²) in [4.78, 5) is 27.2. The molecule has 0 radical (unpaired) electrons. The Balaban J connectivity index is 1.61. The van der Waals surface area contributed by atoms with E-state index in [1.807, 2.05) is 29.2 Å². The quantitative estimate of drug-likeness (QED) is 0.753. The molecule has 3 rings (SSSR count). The Morgan fingerprint density at radius 3 is 2.52 bits per heavy atom.